The van der Waals surface area contributed by atoms with Gasteiger partial charge in [-0.3, -0.25) is 0 Å². The topological polar surface area (TPSA) is 47.3 Å². The van der Waals surface area contributed by atoms with Crippen molar-refractivity contribution in [2.75, 3.05) is 6.61 Å². The molecule has 3 aromatic carbocycles. The molecule has 1 unspecified atom stereocenters. The Morgan fingerprint density at radius 1 is 0.967 bits per heavy atom. The van der Waals surface area contributed by atoms with Gasteiger partial charge < -0.3 is 14.4 Å². The van der Waals surface area contributed by atoms with E-state index in [4.69, 9.17) is 9.72 Å². The molecular weight excluding hydrogens is 372 g/mol. The molecule has 0 radical (unpaired) electrons. The Labute approximate surface area is 177 Å². The number of nitrogens with zero attached hydrogens (tertiary/aromatic N) is 2. The van der Waals surface area contributed by atoms with Crippen LogP contribution >= 0.6 is 0 Å². The summed E-state index contributed by atoms with van der Waals surface area (Å²) in [7, 11) is 0. The molecule has 1 N–H and O–H groups in total. The monoisotopic (exact) mass is 400 g/mol. The van der Waals surface area contributed by atoms with E-state index >= 15 is 0 Å². The van der Waals surface area contributed by atoms with E-state index in [1.807, 2.05) is 42.5 Å². The van der Waals surface area contributed by atoms with Crippen LogP contribution in [-0.4, -0.2) is 21.3 Å². The fraction of sp³-hybridized carbons (Fsp3) is 0.269. The van der Waals surface area contributed by atoms with E-state index in [-0.39, 0.29) is 0 Å². The van der Waals surface area contributed by atoms with Gasteiger partial charge in [-0.25, -0.2) is 4.98 Å². The van der Waals surface area contributed by atoms with E-state index in [9.17, 15) is 5.11 Å². The van der Waals surface area contributed by atoms with E-state index in [1.54, 1.807) is 0 Å². The molecule has 30 heavy (non-hydrogen) atoms. The molecule has 0 bridgehead atoms. The van der Waals surface area contributed by atoms with Gasteiger partial charge in [-0.2, -0.15) is 0 Å². The van der Waals surface area contributed by atoms with E-state index in [1.165, 1.54) is 16.7 Å². The van der Waals surface area contributed by atoms with Crippen molar-refractivity contribution in [3.63, 3.8) is 0 Å². The molecule has 0 aliphatic rings. The standard InChI is InChI=1S/C26H28N2O2/c1-4-20-10-12-22(13-11-20)30-15-14-28-24-17-19(3)18(2)16-23(24)27-26(28)25(29)21-8-6-5-7-9-21/h5-13,16-17,25,29H,4,14-15H2,1-3H3. The van der Waals surface area contributed by atoms with Gasteiger partial charge in [0.15, 0.2) is 0 Å². The van der Waals surface area contributed by atoms with Crippen LogP contribution in [0.2, 0.25) is 0 Å². The molecule has 1 heterocycles. The second-order valence-electron chi connectivity index (χ2n) is 7.71. The predicted molar refractivity (Wildman–Crippen MR) is 121 cm³/mol. The Balaban J connectivity index is 1.64. The quantitative estimate of drug-likeness (QED) is 0.453. The SMILES string of the molecule is CCc1ccc(OCCn2c(C(O)c3ccccc3)nc3cc(C)c(C)cc32)cc1. The summed E-state index contributed by atoms with van der Waals surface area (Å²) in [6.07, 6.45) is 0.226. The first kappa shape index (κ1) is 20.2. The lowest BCUT2D eigenvalue weighted by molar-refractivity contribution is 0.201. The number of aliphatic hydroxyl groups is 1. The highest BCUT2D eigenvalue weighted by molar-refractivity contribution is 5.78. The summed E-state index contributed by atoms with van der Waals surface area (Å²) < 4.78 is 8.08. The van der Waals surface area contributed by atoms with Crippen LogP contribution in [0, 0.1) is 13.8 Å². The number of aryl methyl sites for hydroxylation is 3. The van der Waals surface area contributed by atoms with Crippen molar-refractivity contribution < 1.29 is 9.84 Å². The summed E-state index contributed by atoms with van der Waals surface area (Å²) in [5, 5.41) is 11.1. The lowest BCUT2D eigenvalue weighted by Gasteiger charge is -2.15. The van der Waals surface area contributed by atoms with Crippen molar-refractivity contribution in [3.8, 4) is 5.75 Å². The van der Waals surface area contributed by atoms with Crippen LogP contribution in [0.3, 0.4) is 0 Å². The molecule has 4 nitrogen and oxygen atoms in total. The molecule has 4 heteroatoms. The lowest BCUT2D eigenvalue weighted by Crippen LogP contribution is -2.14. The van der Waals surface area contributed by atoms with E-state index in [0.717, 1.165) is 28.8 Å². The van der Waals surface area contributed by atoms with Gasteiger partial charge in [0.2, 0.25) is 0 Å². The first-order chi connectivity index (χ1) is 14.6. The zero-order chi connectivity index (χ0) is 21.1. The van der Waals surface area contributed by atoms with Gasteiger partial charge in [-0.15, -0.1) is 0 Å². The third kappa shape index (κ3) is 4.10. The third-order valence-electron chi connectivity index (χ3n) is 5.67. The summed E-state index contributed by atoms with van der Waals surface area (Å²) >= 11 is 0. The molecule has 0 aliphatic heterocycles. The molecule has 0 fully saturated rings. The Kier molecular flexibility index (Phi) is 5.86. The van der Waals surface area contributed by atoms with Crippen LogP contribution in [-0.2, 0) is 13.0 Å². The Hall–Kier alpha value is -3.11. The van der Waals surface area contributed by atoms with Crippen molar-refractivity contribution in [1.82, 2.24) is 9.55 Å². The van der Waals surface area contributed by atoms with Crippen LogP contribution in [0.25, 0.3) is 11.0 Å². The van der Waals surface area contributed by atoms with Crippen molar-refractivity contribution in [1.29, 1.82) is 0 Å². The summed E-state index contributed by atoms with van der Waals surface area (Å²) in [6.45, 7) is 7.44. The summed E-state index contributed by atoms with van der Waals surface area (Å²) in [4.78, 5) is 4.80. The molecule has 0 saturated heterocycles. The van der Waals surface area contributed by atoms with Crippen LogP contribution in [0.15, 0.2) is 66.7 Å². The van der Waals surface area contributed by atoms with Crippen LogP contribution in [0.4, 0.5) is 0 Å². The zero-order valence-corrected chi connectivity index (χ0v) is 17.8. The maximum Gasteiger partial charge on any atom is 0.143 e. The molecule has 4 aromatic rings. The van der Waals surface area contributed by atoms with Crippen molar-refractivity contribution in [2.45, 2.75) is 39.8 Å². The van der Waals surface area contributed by atoms with Crippen molar-refractivity contribution in [3.05, 3.63) is 94.8 Å². The highest BCUT2D eigenvalue weighted by atomic mass is 16.5. The van der Waals surface area contributed by atoms with Crippen LogP contribution < -0.4 is 4.74 Å². The molecule has 0 aliphatic carbocycles. The third-order valence-corrected chi connectivity index (χ3v) is 5.67. The largest absolute Gasteiger partial charge is 0.492 e. The van der Waals surface area contributed by atoms with Gasteiger partial charge >= 0.3 is 0 Å². The van der Waals surface area contributed by atoms with Gasteiger partial charge in [-0.05, 0) is 66.8 Å². The normalized spacial score (nSPS) is 12.3. The van der Waals surface area contributed by atoms with E-state index in [0.29, 0.717) is 19.0 Å². The zero-order valence-electron chi connectivity index (χ0n) is 17.8. The summed E-state index contributed by atoms with van der Waals surface area (Å²) in [5.74, 6) is 1.50. The Morgan fingerprint density at radius 2 is 1.67 bits per heavy atom. The Bertz CT molecular complexity index is 1130. The number of imidazole rings is 1. The molecule has 1 aromatic heterocycles. The lowest BCUT2D eigenvalue weighted by atomic mass is 10.1. The van der Waals surface area contributed by atoms with Gasteiger partial charge in [0.1, 0.15) is 24.3 Å². The minimum atomic E-state index is -0.789. The first-order valence-electron chi connectivity index (χ1n) is 10.5. The van der Waals surface area contributed by atoms with Gasteiger partial charge in [-0.1, -0.05) is 49.4 Å². The maximum atomic E-state index is 11.1. The number of rotatable bonds is 7. The fourth-order valence-electron chi connectivity index (χ4n) is 3.70. The predicted octanol–water partition coefficient (Wildman–Crippen LogP) is 5.38. The smallest absolute Gasteiger partial charge is 0.143 e. The summed E-state index contributed by atoms with van der Waals surface area (Å²) in [5.41, 5.74) is 6.45. The highest BCUT2D eigenvalue weighted by Crippen LogP contribution is 2.27. The van der Waals surface area contributed by atoms with Gasteiger partial charge in [0.05, 0.1) is 17.6 Å². The molecule has 0 amide bonds. The van der Waals surface area contributed by atoms with Crippen molar-refractivity contribution in [2.24, 2.45) is 0 Å². The van der Waals surface area contributed by atoms with E-state index in [2.05, 4.69) is 49.6 Å². The number of ether oxygens (including phenoxy) is 1. The molecule has 0 spiro atoms. The molecule has 4 rings (SSSR count). The minimum absolute atomic E-state index is 0.498. The number of fused-ring (bicyclic) bond motifs is 1. The molecule has 154 valence electrons. The number of benzene rings is 3. The summed E-state index contributed by atoms with van der Waals surface area (Å²) in [6, 6.07) is 22.1. The van der Waals surface area contributed by atoms with E-state index < -0.39 is 6.10 Å². The van der Waals surface area contributed by atoms with Crippen molar-refractivity contribution >= 4 is 11.0 Å². The number of hydrogen-bond acceptors (Lipinski definition) is 3. The molecular formula is C26H28N2O2. The highest BCUT2D eigenvalue weighted by Gasteiger charge is 2.20. The Morgan fingerprint density at radius 3 is 2.37 bits per heavy atom. The molecule has 1 atom stereocenters. The number of aromatic nitrogens is 2. The fourth-order valence-corrected chi connectivity index (χ4v) is 3.70. The number of hydrogen-bond donors (Lipinski definition) is 1. The second kappa shape index (κ2) is 8.72. The van der Waals surface area contributed by atoms with Crippen LogP contribution in [0.5, 0.6) is 5.75 Å². The average Bonchev–Trinajstić information content (AvgIpc) is 3.12. The van der Waals surface area contributed by atoms with Crippen LogP contribution in [0.1, 0.15) is 41.1 Å². The molecule has 0 saturated carbocycles. The number of aliphatic hydroxyl groups excluding tert-OH is 1. The second-order valence-corrected chi connectivity index (χ2v) is 7.71. The minimum Gasteiger partial charge on any atom is -0.492 e. The van der Waals surface area contributed by atoms with Gasteiger partial charge in [0, 0.05) is 0 Å². The maximum absolute atomic E-state index is 11.1. The first-order valence-corrected chi connectivity index (χ1v) is 10.5. The van der Waals surface area contributed by atoms with Gasteiger partial charge in [0.25, 0.3) is 0 Å². The average molecular weight is 401 g/mol.